The van der Waals surface area contributed by atoms with Crippen LogP contribution in [0.4, 0.5) is 0 Å². The maximum absolute atomic E-state index is 10.7. The number of hydrogen-bond donors (Lipinski definition) is 1. The number of nitrogens with one attached hydrogen (secondary N) is 1. The van der Waals surface area contributed by atoms with Crippen LogP contribution in [0.1, 0.15) is 4.88 Å². The van der Waals surface area contributed by atoms with Gasteiger partial charge in [-0.1, -0.05) is 6.07 Å². The highest BCUT2D eigenvalue weighted by Gasteiger charge is 1.99. The van der Waals surface area contributed by atoms with Gasteiger partial charge in [0.15, 0.2) is 0 Å². The van der Waals surface area contributed by atoms with Crippen LogP contribution in [0, 0.1) is 0 Å². The third kappa shape index (κ3) is 5.64. The molecule has 0 bridgehead atoms. The molecule has 0 aliphatic rings. The first-order valence-electron chi connectivity index (χ1n) is 4.13. The molecule has 0 radical (unpaired) electrons. The van der Waals surface area contributed by atoms with Crippen LogP contribution in [0.25, 0.3) is 0 Å². The van der Waals surface area contributed by atoms with E-state index < -0.39 is 10.0 Å². The van der Waals surface area contributed by atoms with E-state index in [1.54, 1.807) is 23.1 Å². The zero-order valence-electron chi connectivity index (χ0n) is 7.89. The Balaban J connectivity index is 2.06. The predicted octanol–water partition coefficient (Wildman–Crippen LogP) is 1.53. The van der Waals surface area contributed by atoms with Crippen LogP contribution in [0.5, 0.6) is 0 Å². The first-order chi connectivity index (χ1) is 6.58. The minimum Gasteiger partial charge on any atom is -0.215 e. The van der Waals surface area contributed by atoms with Gasteiger partial charge in [0, 0.05) is 22.9 Å². The Hall–Kier alpha value is -0.0400. The molecule has 0 aliphatic heterocycles. The standard InChI is InChI=1S/C8H13NO2S3/c1-14(10,11)9-4-6-12-7-8-3-2-5-13-8/h2-3,5,9H,4,6-7H2,1H3. The van der Waals surface area contributed by atoms with Gasteiger partial charge in [-0.25, -0.2) is 13.1 Å². The summed E-state index contributed by atoms with van der Waals surface area (Å²) >= 11 is 3.46. The Kier molecular flexibility index (Phi) is 4.94. The van der Waals surface area contributed by atoms with Crippen LogP contribution in [-0.4, -0.2) is 27.0 Å². The van der Waals surface area contributed by atoms with E-state index in [0.29, 0.717) is 6.54 Å². The second kappa shape index (κ2) is 5.75. The summed E-state index contributed by atoms with van der Waals surface area (Å²) < 4.78 is 23.9. The highest BCUT2D eigenvalue weighted by Crippen LogP contribution is 2.16. The van der Waals surface area contributed by atoms with Gasteiger partial charge in [0.1, 0.15) is 0 Å². The van der Waals surface area contributed by atoms with Crippen LogP contribution in [0.2, 0.25) is 0 Å². The van der Waals surface area contributed by atoms with Crippen LogP contribution in [-0.2, 0) is 15.8 Å². The molecule has 1 heterocycles. The number of hydrogen-bond acceptors (Lipinski definition) is 4. The fourth-order valence-electron chi connectivity index (χ4n) is 0.867. The molecule has 6 heteroatoms. The molecule has 0 fully saturated rings. The summed E-state index contributed by atoms with van der Waals surface area (Å²) in [6, 6.07) is 4.11. The van der Waals surface area contributed by atoms with Gasteiger partial charge < -0.3 is 0 Å². The molecule has 1 aromatic heterocycles. The van der Waals surface area contributed by atoms with Crippen molar-refractivity contribution in [2.24, 2.45) is 0 Å². The first kappa shape index (κ1) is 12.0. The monoisotopic (exact) mass is 251 g/mol. The minimum atomic E-state index is -3.02. The van der Waals surface area contributed by atoms with Crippen molar-refractivity contribution in [3.63, 3.8) is 0 Å². The number of sulfonamides is 1. The van der Waals surface area contributed by atoms with Crippen molar-refractivity contribution in [1.29, 1.82) is 0 Å². The van der Waals surface area contributed by atoms with Gasteiger partial charge in [-0.2, -0.15) is 11.8 Å². The minimum absolute atomic E-state index is 0.509. The molecule has 0 saturated heterocycles. The van der Waals surface area contributed by atoms with Crippen LogP contribution in [0.3, 0.4) is 0 Å². The highest BCUT2D eigenvalue weighted by atomic mass is 32.2. The molecule has 1 aromatic rings. The van der Waals surface area contributed by atoms with E-state index >= 15 is 0 Å². The largest absolute Gasteiger partial charge is 0.215 e. The highest BCUT2D eigenvalue weighted by molar-refractivity contribution is 7.98. The summed E-state index contributed by atoms with van der Waals surface area (Å²) in [5, 5.41) is 2.05. The molecule has 0 aromatic carbocycles. The van der Waals surface area contributed by atoms with Crippen molar-refractivity contribution in [2.45, 2.75) is 5.75 Å². The van der Waals surface area contributed by atoms with Gasteiger partial charge >= 0.3 is 0 Å². The van der Waals surface area contributed by atoms with E-state index in [-0.39, 0.29) is 0 Å². The molecule has 3 nitrogen and oxygen atoms in total. The molecule has 80 valence electrons. The summed E-state index contributed by atoms with van der Waals surface area (Å²) in [4.78, 5) is 1.33. The van der Waals surface area contributed by atoms with E-state index in [9.17, 15) is 8.42 Å². The quantitative estimate of drug-likeness (QED) is 0.780. The molecule has 0 unspecified atom stereocenters. The maximum atomic E-state index is 10.7. The van der Waals surface area contributed by atoms with E-state index in [1.807, 2.05) is 11.4 Å². The lowest BCUT2D eigenvalue weighted by molar-refractivity contribution is 0.590. The number of thiophene rings is 1. The smallest absolute Gasteiger partial charge is 0.208 e. The van der Waals surface area contributed by atoms with Gasteiger partial charge in [-0.3, -0.25) is 0 Å². The van der Waals surface area contributed by atoms with Crippen molar-refractivity contribution in [1.82, 2.24) is 4.72 Å². The molecule has 14 heavy (non-hydrogen) atoms. The molecule has 0 spiro atoms. The van der Waals surface area contributed by atoms with Crippen LogP contribution in [0.15, 0.2) is 17.5 Å². The topological polar surface area (TPSA) is 46.2 Å². The zero-order valence-corrected chi connectivity index (χ0v) is 10.3. The molecule has 1 rings (SSSR count). The lowest BCUT2D eigenvalue weighted by Crippen LogP contribution is -2.24. The van der Waals surface area contributed by atoms with E-state index in [0.717, 1.165) is 11.5 Å². The van der Waals surface area contributed by atoms with Gasteiger partial charge in [0.05, 0.1) is 6.26 Å². The Morgan fingerprint density at radius 2 is 2.36 bits per heavy atom. The molecular formula is C8H13NO2S3. The van der Waals surface area contributed by atoms with E-state index in [1.165, 1.54) is 11.1 Å². The summed E-state index contributed by atoms with van der Waals surface area (Å²) in [5.74, 6) is 1.77. The first-order valence-corrected chi connectivity index (χ1v) is 8.05. The van der Waals surface area contributed by atoms with Crippen molar-refractivity contribution < 1.29 is 8.42 Å². The molecule has 0 atom stereocenters. The van der Waals surface area contributed by atoms with Gasteiger partial charge in [-0.05, 0) is 11.4 Å². The zero-order chi connectivity index (χ0) is 10.4. The SMILES string of the molecule is CS(=O)(=O)NCCSCc1cccs1. The predicted molar refractivity (Wildman–Crippen MR) is 63.3 cm³/mol. The lowest BCUT2D eigenvalue weighted by Gasteiger charge is -2.01. The van der Waals surface area contributed by atoms with E-state index in [2.05, 4.69) is 10.8 Å². The summed E-state index contributed by atoms with van der Waals surface area (Å²) in [6.45, 7) is 0.509. The molecule has 1 N–H and O–H groups in total. The molecule has 0 saturated carbocycles. The Bertz CT molecular complexity index is 345. The summed E-state index contributed by atoms with van der Waals surface area (Å²) in [7, 11) is -3.02. The van der Waals surface area contributed by atoms with Crippen molar-refractivity contribution in [2.75, 3.05) is 18.6 Å². The Morgan fingerprint density at radius 1 is 1.57 bits per heavy atom. The van der Waals surface area contributed by atoms with Gasteiger partial charge in [0.2, 0.25) is 10.0 Å². The van der Waals surface area contributed by atoms with E-state index in [4.69, 9.17) is 0 Å². The fourth-order valence-corrected chi connectivity index (χ4v) is 3.17. The second-order valence-electron chi connectivity index (χ2n) is 2.80. The third-order valence-electron chi connectivity index (χ3n) is 1.44. The van der Waals surface area contributed by atoms with Crippen molar-refractivity contribution in [3.8, 4) is 0 Å². The van der Waals surface area contributed by atoms with Crippen molar-refractivity contribution in [3.05, 3.63) is 22.4 Å². The average molecular weight is 251 g/mol. The number of rotatable bonds is 6. The summed E-state index contributed by atoms with van der Waals surface area (Å²) in [6.07, 6.45) is 1.18. The van der Waals surface area contributed by atoms with Crippen LogP contribution < -0.4 is 4.72 Å². The average Bonchev–Trinajstić information content (AvgIpc) is 2.54. The second-order valence-corrected chi connectivity index (χ2v) is 6.77. The summed E-state index contributed by atoms with van der Waals surface area (Å²) in [5.41, 5.74) is 0. The number of thioether (sulfide) groups is 1. The van der Waals surface area contributed by atoms with Gasteiger partial charge in [0.25, 0.3) is 0 Å². The molecular weight excluding hydrogens is 238 g/mol. The van der Waals surface area contributed by atoms with Crippen LogP contribution >= 0.6 is 23.1 Å². The normalized spacial score (nSPS) is 11.8. The third-order valence-corrected chi connectivity index (χ3v) is 4.23. The Morgan fingerprint density at radius 3 is 2.93 bits per heavy atom. The molecule has 0 aliphatic carbocycles. The lowest BCUT2D eigenvalue weighted by atomic mass is 10.5. The van der Waals surface area contributed by atoms with Crippen molar-refractivity contribution >= 4 is 33.1 Å². The fraction of sp³-hybridized carbons (Fsp3) is 0.500. The Labute approximate surface area is 93.0 Å². The van der Waals surface area contributed by atoms with Gasteiger partial charge in [-0.15, -0.1) is 11.3 Å². The maximum Gasteiger partial charge on any atom is 0.208 e. The molecule has 0 amide bonds.